The average Bonchev–Trinajstić information content (AvgIpc) is 3.19. The van der Waals surface area contributed by atoms with Crippen LogP contribution in [0, 0.1) is 0 Å². The van der Waals surface area contributed by atoms with Crippen molar-refractivity contribution in [1.29, 1.82) is 0 Å². The van der Waals surface area contributed by atoms with Gasteiger partial charge in [-0.1, -0.05) is 24.3 Å². The van der Waals surface area contributed by atoms with Gasteiger partial charge in [-0.05, 0) is 52.8 Å². The van der Waals surface area contributed by atoms with Crippen LogP contribution in [0.2, 0.25) is 0 Å². The average molecular weight is 399 g/mol. The standard InChI is InChI=1S/C20H19N2O3PS/c1-2-25-26(24)13-14-5-7-15(8-6-14)20(23)22-18-12-16(9-10-17(18)21)19-4-3-11-27-19/h3-12H,2,13,21H2,1H3/p+1. The van der Waals surface area contributed by atoms with Crippen LogP contribution in [0.4, 0.5) is 11.4 Å². The van der Waals surface area contributed by atoms with E-state index in [0.29, 0.717) is 29.7 Å². The van der Waals surface area contributed by atoms with Gasteiger partial charge in [0.25, 0.3) is 5.91 Å². The summed E-state index contributed by atoms with van der Waals surface area (Å²) in [6.07, 6.45) is 0.334. The molecule has 1 heterocycles. The summed E-state index contributed by atoms with van der Waals surface area (Å²) in [5, 5.41) is 4.87. The summed E-state index contributed by atoms with van der Waals surface area (Å²) in [6.45, 7) is 2.22. The number of amides is 1. The van der Waals surface area contributed by atoms with Crippen molar-refractivity contribution < 1.29 is 13.9 Å². The van der Waals surface area contributed by atoms with Crippen LogP contribution in [0.15, 0.2) is 60.0 Å². The number of nitrogen functional groups attached to an aromatic ring is 1. The van der Waals surface area contributed by atoms with Gasteiger partial charge in [0.1, 0.15) is 0 Å². The molecule has 0 radical (unpaired) electrons. The van der Waals surface area contributed by atoms with E-state index < -0.39 is 8.03 Å². The largest absolute Gasteiger partial charge is 0.512 e. The topological polar surface area (TPSA) is 81.4 Å². The SMILES string of the molecule is CCO[P+](=O)Cc1ccc(C(=O)Nc2cc(-c3cccs3)ccc2N)cc1. The zero-order chi connectivity index (χ0) is 19.2. The van der Waals surface area contributed by atoms with Crippen molar-refractivity contribution in [2.45, 2.75) is 13.1 Å². The first-order valence-electron chi connectivity index (χ1n) is 8.48. The molecule has 0 aliphatic heterocycles. The lowest BCUT2D eigenvalue weighted by molar-refractivity contribution is 0.102. The Kier molecular flexibility index (Phi) is 6.35. The smallest absolute Gasteiger partial charge is 0.397 e. The van der Waals surface area contributed by atoms with Crippen LogP contribution in [0.1, 0.15) is 22.8 Å². The van der Waals surface area contributed by atoms with Crippen LogP contribution in [0.3, 0.4) is 0 Å². The monoisotopic (exact) mass is 399 g/mol. The maximum absolute atomic E-state index is 12.6. The van der Waals surface area contributed by atoms with Gasteiger partial charge < -0.3 is 11.1 Å². The molecule has 7 heteroatoms. The van der Waals surface area contributed by atoms with Gasteiger partial charge in [-0.2, -0.15) is 0 Å². The van der Waals surface area contributed by atoms with Crippen molar-refractivity contribution >= 4 is 36.6 Å². The highest BCUT2D eigenvalue weighted by molar-refractivity contribution is 7.38. The van der Waals surface area contributed by atoms with Crippen molar-refractivity contribution in [1.82, 2.24) is 0 Å². The number of hydrogen-bond acceptors (Lipinski definition) is 5. The Morgan fingerprint density at radius 3 is 2.63 bits per heavy atom. The highest BCUT2D eigenvalue weighted by Gasteiger charge is 2.17. The van der Waals surface area contributed by atoms with Gasteiger partial charge >= 0.3 is 8.03 Å². The summed E-state index contributed by atoms with van der Waals surface area (Å²) in [6, 6.07) is 16.6. The lowest BCUT2D eigenvalue weighted by atomic mass is 10.1. The highest BCUT2D eigenvalue weighted by Crippen LogP contribution is 2.31. The Hall–Kier alpha value is -2.53. The molecule has 1 amide bonds. The second kappa shape index (κ2) is 8.91. The van der Waals surface area contributed by atoms with Crippen LogP contribution in [0.5, 0.6) is 0 Å². The van der Waals surface area contributed by atoms with E-state index in [1.165, 1.54) is 0 Å². The normalized spacial score (nSPS) is 11.2. The van der Waals surface area contributed by atoms with Gasteiger partial charge in [0.15, 0.2) is 0 Å². The molecule has 1 unspecified atom stereocenters. The first-order chi connectivity index (χ1) is 13.1. The van der Waals surface area contributed by atoms with Crippen molar-refractivity contribution in [3.05, 3.63) is 71.1 Å². The summed E-state index contributed by atoms with van der Waals surface area (Å²) in [5.74, 6) is -0.245. The van der Waals surface area contributed by atoms with E-state index in [4.69, 9.17) is 10.3 Å². The number of anilines is 2. The predicted octanol–water partition coefficient (Wildman–Crippen LogP) is 5.53. The van der Waals surface area contributed by atoms with E-state index in [1.807, 2.05) is 29.6 Å². The third kappa shape index (κ3) is 5.01. The fraction of sp³-hybridized carbons (Fsp3) is 0.150. The van der Waals surface area contributed by atoms with E-state index in [2.05, 4.69) is 5.32 Å². The second-order valence-corrected chi connectivity index (χ2v) is 8.03. The summed E-state index contributed by atoms with van der Waals surface area (Å²) in [4.78, 5) is 13.7. The maximum Gasteiger partial charge on any atom is 0.512 e. The summed E-state index contributed by atoms with van der Waals surface area (Å²) in [7, 11) is -1.71. The van der Waals surface area contributed by atoms with E-state index >= 15 is 0 Å². The van der Waals surface area contributed by atoms with Crippen LogP contribution in [-0.2, 0) is 15.3 Å². The Labute approximate surface area is 163 Å². The molecule has 2 aromatic carbocycles. The lowest BCUT2D eigenvalue weighted by Crippen LogP contribution is -2.13. The molecule has 0 bridgehead atoms. The van der Waals surface area contributed by atoms with E-state index in [9.17, 15) is 9.36 Å². The number of benzene rings is 2. The maximum atomic E-state index is 12.6. The molecule has 3 rings (SSSR count). The fourth-order valence-corrected chi connectivity index (χ4v) is 4.17. The van der Waals surface area contributed by atoms with Gasteiger partial charge in [0.2, 0.25) is 6.16 Å². The third-order valence-electron chi connectivity index (χ3n) is 3.91. The Morgan fingerprint density at radius 2 is 1.96 bits per heavy atom. The number of nitrogens with one attached hydrogen (secondary N) is 1. The first-order valence-corrected chi connectivity index (χ1v) is 10.7. The quantitative estimate of drug-likeness (QED) is 0.404. The molecule has 0 saturated carbocycles. The number of thiophene rings is 1. The molecule has 0 spiro atoms. The number of nitrogens with two attached hydrogens (primary N) is 1. The first kappa shape index (κ1) is 19.2. The minimum atomic E-state index is -1.71. The molecule has 0 saturated heterocycles. The number of carbonyl (C=O) groups excluding carboxylic acids is 1. The minimum absolute atomic E-state index is 0.245. The van der Waals surface area contributed by atoms with E-state index in [-0.39, 0.29) is 5.91 Å². The van der Waals surface area contributed by atoms with Gasteiger partial charge in [-0.25, -0.2) is 0 Å². The molecule has 5 nitrogen and oxygen atoms in total. The molecule has 27 heavy (non-hydrogen) atoms. The van der Waals surface area contributed by atoms with E-state index in [1.54, 1.807) is 48.6 Å². The van der Waals surface area contributed by atoms with Gasteiger partial charge in [0, 0.05) is 16.0 Å². The molecule has 0 aliphatic carbocycles. The molecule has 3 N–H and O–H groups in total. The van der Waals surface area contributed by atoms with Crippen LogP contribution in [-0.4, -0.2) is 12.5 Å². The number of rotatable bonds is 7. The van der Waals surface area contributed by atoms with E-state index in [0.717, 1.165) is 16.0 Å². The highest BCUT2D eigenvalue weighted by atomic mass is 32.1. The van der Waals surface area contributed by atoms with Gasteiger partial charge in [-0.15, -0.1) is 15.9 Å². The Bertz CT molecular complexity index is 940. The zero-order valence-corrected chi connectivity index (χ0v) is 16.6. The zero-order valence-electron chi connectivity index (χ0n) is 14.8. The van der Waals surface area contributed by atoms with Crippen LogP contribution < -0.4 is 11.1 Å². The second-order valence-electron chi connectivity index (χ2n) is 5.84. The van der Waals surface area contributed by atoms with Gasteiger partial charge in [-0.3, -0.25) is 4.79 Å². The number of hydrogen-bond donors (Lipinski definition) is 2. The van der Waals surface area contributed by atoms with Crippen molar-refractivity contribution in [3.8, 4) is 10.4 Å². The molecular formula is C20H20N2O3PS+. The van der Waals surface area contributed by atoms with Crippen molar-refractivity contribution in [2.75, 3.05) is 17.7 Å². The molecule has 1 aromatic heterocycles. The summed E-state index contributed by atoms with van der Waals surface area (Å²) in [5.41, 5.74) is 9.48. The summed E-state index contributed by atoms with van der Waals surface area (Å²) >= 11 is 1.63. The minimum Gasteiger partial charge on any atom is -0.397 e. The lowest BCUT2D eigenvalue weighted by Gasteiger charge is -2.10. The Balaban J connectivity index is 1.72. The van der Waals surface area contributed by atoms with Crippen LogP contribution >= 0.6 is 19.4 Å². The molecule has 0 fully saturated rings. The van der Waals surface area contributed by atoms with Gasteiger partial charge in [0.05, 0.1) is 18.0 Å². The van der Waals surface area contributed by atoms with Crippen molar-refractivity contribution in [2.24, 2.45) is 0 Å². The molecule has 0 aliphatic rings. The predicted molar refractivity (Wildman–Crippen MR) is 111 cm³/mol. The fourth-order valence-electron chi connectivity index (χ4n) is 2.56. The van der Waals surface area contributed by atoms with Crippen LogP contribution in [0.25, 0.3) is 10.4 Å². The number of carbonyl (C=O) groups is 1. The molecule has 138 valence electrons. The third-order valence-corrected chi connectivity index (χ3v) is 6.00. The molecule has 3 aromatic rings. The Morgan fingerprint density at radius 1 is 1.19 bits per heavy atom. The summed E-state index contributed by atoms with van der Waals surface area (Å²) < 4.78 is 16.7. The molecule has 1 atom stereocenters. The van der Waals surface area contributed by atoms with Crippen molar-refractivity contribution in [3.63, 3.8) is 0 Å². The molecular weight excluding hydrogens is 379 g/mol.